The molecule has 1 aromatic rings. The molecule has 0 radical (unpaired) electrons. The highest BCUT2D eigenvalue weighted by molar-refractivity contribution is 5.36. The number of rotatable bonds is 2. The Labute approximate surface area is 118 Å². The number of piperazine rings is 1. The molecule has 0 saturated carbocycles. The second-order valence-corrected chi connectivity index (χ2v) is 6.78. The summed E-state index contributed by atoms with van der Waals surface area (Å²) in [7, 11) is 0. The van der Waals surface area contributed by atoms with Crippen molar-refractivity contribution in [3.63, 3.8) is 0 Å². The molecule has 2 rings (SSSR count). The maximum Gasteiger partial charge on any atom is 0.0323 e. The summed E-state index contributed by atoms with van der Waals surface area (Å²) in [6, 6.07) is 7.50. The lowest BCUT2D eigenvalue weighted by molar-refractivity contribution is 0.185. The van der Waals surface area contributed by atoms with Gasteiger partial charge in [-0.05, 0) is 36.0 Å². The Hall–Kier alpha value is -0.860. The highest BCUT2D eigenvalue weighted by Gasteiger charge is 2.21. The van der Waals surface area contributed by atoms with Crippen molar-refractivity contribution in [2.75, 3.05) is 26.2 Å². The first-order valence-electron chi connectivity index (χ1n) is 7.45. The first kappa shape index (κ1) is 14.5. The van der Waals surface area contributed by atoms with E-state index in [1.165, 1.54) is 16.7 Å². The smallest absolute Gasteiger partial charge is 0.0323 e. The van der Waals surface area contributed by atoms with Gasteiger partial charge in [0.2, 0.25) is 0 Å². The molecule has 1 aromatic carbocycles. The van der Waals surface area contributed by atoms with Crippen molar-refractivity contribution < 1.29 is 0 Å². The van der Waals surface area contributed by atoms with Crippen LogP contribution in [-0.2, 0) is 5.41 Å². The predicted molar refractivity (Wildman–Crippen MR) is 82.7 cm³/mol. The fourth-order valence-electron chi connectivity index (χ4n) is 2.82. The first-order chi connectivity index (χ1) is 8.89. The number of benzene rings is 1. The Balaban J connectivity index is 2.27. The van der Waals surface area contributed by atoms with E-state index in [0.29, 0.717) is 6.04 Å². The molecule has 1 N–H and O–H groups in total. The largest absolute Gasteiger partial charge is 0.314 e. The number of hydrogen-bond donors (Lipinski definition) is 1. The number of aryl methyl sites for hydroxylation is 1. The Bertz CT molecular complexity index is 425. The zero-order chi connectivity index (χ0) is 14.0. The Morgan fingerprint density at radius 2 is 1.79 bits per heavy atom. The van der Waals surface area contributed by atoms with E-state index in [0.717, 1.165) is 26.2 Å². The van der Waals surface area contributed by atoms with Gasteiger partial charge in [0.1, 0.15) is 0 Å². The molecule has 1 saturated heterocycles. The topological polar surface area (TPSA) is 15.3 Å². The van der Waals surface area contributed by atoms with Gasteiger partial charge in [0.15, 0.2) is 0 Å². The molecule has 0 spiro atoms. The molecule has 106 valence electrons. The van der Waals surface area contributed by atoms with Gasteiger partial charge in [-0.2, -0.15) is 0 Å². The van der Waals surface area contributed by atoms with Crippen LogP contribution in [0.2, 0.25) is 0 Å². The lowest BCUT2D eigenvalue weighted by Crippen LogP contribution is -2.44. The molecule has 0 aliphatic carbocycles. The van der Waals surface area contributed by atoms with E-state index >= 15 is 0 Å². The summed E-state index contributed by atoms with van der Waals surface area (Å²) < 4.78 is 0. The van der Waals surface area contributed by atoms with Crippen molar-refractivity contribution in [1.29, 1.82) is 0 Å². The molecule has 1 fully saturated rings. The average molecular weight is 260 g/mol. The van der Waals surface area contributed by atoms with Crippen molar-refractivity contribution in [3.05, 3.63) is 34.9 Å². The van der Waals surface area contributed by atoms with Gasteiger partial charge in [-0.3, -0.25) is 4.90 Å². The third-order valence-electron chi connectivity index (χ3n) is 4.29. The van der Waals surface area contributed by atoms with E-state index in [9.17, 15) is 0 Å². The molecule has 19 heavy (non-hydrogen) atoms. The summed E-state index contributed by atoms with van der Waals surface area (Å²) in [6.45, 7) is 16.0. The van der Waals surface area contributed by atoms with Gasteiger partial charge < -0.3 is 5.32 Å². The summed E-state index contributed by atoms with van der Waals surface area (Å²) >= 11 is 0. The van der Waals surface area contributed by atoms with E-state index in [1.54, 1.807) is 0 Å². The second-order valence-electron chi connectivity index (χ2n) is 6.78. The maximum atomic E-state index is 3.43. The molecule has 1 aliphatic heterocycles. The minimum atomic E-state index is 0.228. The van der Waals surface area contributed by atoms with Crippen LogP contribution >= 0.6 is 0 Å². The van der Waals surface area contributed by atoms with Crippen molar-refractivity contribution >= 4 is 0 Å². The van der Waals surface area contributed by atoms with Crippen molar-refractivity contribution in [3.8, 4) is 0 Å². The fraction of sp³-hybridized carbons (Fsp3) is 0.647. The summed E-state index contributed by atoms with van der Waals surface area (Å²) in [5.74, 6) is 0. The van der Waals surface area contributed by atoms with Crippen LogP contribution in [0.25, 0.3) is 0 Å². The van der Waals surface area contributed by atoms with E-state index in [4.69, 9.17) is 0 Å². The van der Waals surface area contributed by atoms with Crippen LogP contribution in [-0.4, -0.2) is 31.1 Å². The lowest BCUT2D eigenvalue weighted by atomic mass is 9.84. The number of hydrogen-bond acceptors (Lipinski definition) is 2. The maximum absolute atomic E-state index is 3.43. The number of nitrogens with zero attached hydrogens (tertiary/aromatic N) is 1. The van der Waals surface area contributed by atoms with Gasteiger partial charge in [-0.15, -0.1) is 0 Å². The van der Waals surface area contributed by atoms with E-state index in [1.807, 2.05) is 0 Å². The van der Waals surface area contributed by atoms with Gasteiger partial charge in [0.05, 0.1) is 0 Å². The molecule has 2 heteroatoms. The molecule has 0 aromatic heterocycles. The molecule has 2 nitrogen and oxygen atoms in total. The predicted octanol–water partition coefficient (Wildman–Crippen LogP) is 3.26. The number of nitrogens with one attached hydrogen (secondary N) is 1. The van der Waals surface area contributed by atoms with Gasteiger partial charge in [0.25, 0.3) is 0 Å². The molecule has 1 atom stereocenters. The summed E-state index contributed by atoms with van der Waals surface area (Å²) in [5, 5.41) is 3.43. The summed E-state index contributed by atoms with van der Waals surface area (Å²) in [4.78, 5) is 2.59. The minimum Gasteiger partial charge on any atom is -0.314 e. The lowest BCUT2D eigenvalue weighted by Gasteiger charge is -2.34. The zero-order valence-corrected chi connectivity index (χ0v) is 13.1. The van der Waals surface area contributed by atoms with E-state index < -0.39 is 0 Å². The highest BCUT2D eigenvalue weighted by Crippen LogP contribution is 2.29. The van der Waals surface area contributed by atoms with Gasteiger partial charge in [-0.25, -0.2) is 0 Å². The normalized spacial score (nSPS) is 19.4. The van der Waals surface area contributed by atoms with E-state index in [2.05, 4.69) is 63.0 Å². The molecule has 0 amide bonds. The Kier molecular flexibility index (Phi) is 4.32. The average Bonchev–Trinajstić information content (AvgIpc) is 2.38. The molecule has 1 heterocycles. The fourth-order valence-corrected chi connectivity index (χ4v) is 2.82. The van der Waals surface area contributed by atoms with Gasteiger partial charge >= 0.3 is 0 Å². The zero-order valence-electron chi connectivity index (χ0n) is 13.1. The molecular formula is C17H28N2. The van der Waals surface area contributed by atoms with Crippen LogP contribution in [0.4, 0.5) is 0 Å². The van der Waals surface area contributed by atoms with Crippen LogP contribution in [0, 0.1) is 6.92 Å². The molecule has 1 unspecified atom stereocenters. The van der Waals surface area contributed by atoms with Crippen LogP contribution in [0.3, 0.4) is 0 Å². The third-order valence-corrected chi connectivity index (χ3v) is 4.29. The summed E-state index contributed by atoms with van der Waals surface area (Å²) in [6.07, 6.45) is 0. The van der Waals surface area contributed by atoms with E-state index in [-0.39, 0.29) is 5.41 Å². The van der Waals surface area contributed by atoms with Crippen LogP contribution < -0.4 is 5.32 Å². The van der Waals surface area contributed by atoms with Crippen LogP contribution in [0.1, 0.15) is 50.4 Å². The molecular weight excluding hydrogens is 232 g/mol. The third kappa shape index (κ3) is 3.37. The quantitative estimate of drug-likeness (QED) is 0.878. The van der Waals surface area contributed by atoms with Crippen molar-refractivity contribution in [2.45, 2.75) is 46.1 Å². The summed E-state index contributed by atoms with van der Waals surface area (Å²) in [5.41, 5.74) is 4.58. The van der Waals surface area contributed by atoms with Gasteiger partial charge in [-0.1, -0.05) is 39.0 Å². The molecule has 0 bridgehead atoms. The monoisotopic (exact) mass is 260 g/mol. The van der Waals surface area contributed by atoms with Crippen LogP contribution in [0.15, 0.2) is 18.2 Å². The van der Waals surface area contributed by atoms with Crippen molar-refractivity contribution in [2.24, 2.45) is 0 Å². The standard InChI is InChI=1S/C17H28N2/c1-13-6-7-15(17(3,4)5)12-16(13)14(2)19-10-8-18-9-11-19/h6-7,12,14,18H,8-11H2,1-5H3. The minimum absolute atomic E-state index is 0.228. The Morgan fingerprint density at radius 1 is 1.16 bits per heavy atom. The first-order valence-corrected chi connectivity index (χ1v) is 7.45. The van der Waals surface area contributed by atoms with Crippen LogP contribution in [0.5, 0.6) is 0 Å². The Morgan fingerprint density at radius 3 is 2.37 bits per heavy atom. The van der Waals surface area contributed by atoms with Crippen molar-refractivity contribution in [1.82, 2.24) is 10.2 Å². The SMILES string of the molecule is Cc1ccc(C(C)(C)C)cc1C(C)N1CCNCC1. The highest BCUT2D eigenvalue weighted by atomic mass is 15.2. The molecule has 1 aliphatic rings. The second kappa shape index (κ2) is 5.64. The van der Waals surface area contributed by atoms with Gasteiger partial charge in [0, 0.05) is 32.2 Å².